The number of aliphatic hydroxyl groups excluding tert-OH is 1. The molecule has 1 aromatic rings. The number of fused-ring (bicyclic) bond motifs is 2. The van der Waals surface area contributed by atoms with Crippen molar-refractivity contribution in [1.82, 2.24) is 4.90 Å². The maximum absolute atomic E-state index is 14.2. The number of para-hydroxylation sites is 1. The lowest BCUT2D eigenvalue weighted by Gasteiger charge is -2.36. The van der Waals surface area contributed by atoms with Crippen molar-refractivity contribution in [2.24, 2.45) is 11.8 Å². The molecule has 0 aromatic heterocycles. The summed E-state index contributed by atoms with van der Waals surface area (Å²) in [5.74, 6) is -2.75. The third kappa shape index (κ3) is 3.79. The van der Waals surface area contributed by atoms with E-state index in [1.165, 1.54) is 0 Å². The first-order valence-corrected chi connectivity index (χ1v) is 12.4. The van der Waals surface area contributed by atoms with Crippen LogP contribution in [-0.4, -0.2) is 71.8 Å². The van der Waals surface area contributed by atoms with Crippen molar-refractivity contribution in [3.8, 4) is 0 Å². The van der Waals surface area contributed by atoms with Crippen molar-refractivity contribution in [2.75, 3.05) is 31.2 Å². The zero-order chi connectivity index (χ0) is 24.7. The number of carbonyl (C=O) groups excluding carboxylic acids is 3. The van der Waals surface area contributed by atoms with Crippen LogP contribution in [-0.2, 0) is 23.9 Å². The van der Waals surface area contributed by atoms with Crippen LogP contribution >= 0.6 is 11.6 Å². The smallest absolute Gasteiger partial charge is 0.313 e. The van der Waals surface area contributed by atoms with E-state index in [-0.39, 0.29) is 31.6 Å². The van der Waals surface area contributed by atoms with Crippen LogP contribution in [0.5, 0.6) is 0 Å². The number of unbranched alkanes of at least 4 members (excludes halogenated alkanes) is 2. The number of hydrogen-bond acceptors (Lipinski definition) is 6. The second-order valence-electron chi connectivity index (χ2n) is 9.47. The first kappa shape index (κ1) is 24.0. The highest BCUT2D eigenvalue weighted by atomic mass is 35.5. The Hall–Kier alpha value is -2.68. The molecule has 0 aliphatic carbocycles. The van der Waals surface area contributed by atoms with Gasteiger partial charge in [0.1, 0.15) is 24.2 Å². The number of benzene rings is 1. The zero-order valence-electron chi connectivity index (χ0n) is 19.6. The highest BCUT2D eigenvalue weighted by molar-refractivity contribution is 6.34. The Morgan fingerprint density at radius 1 is 1.14 bits per heavy atom. The molecule has 1 unspecified atom stereocenters. The fraction of sp³-hybridized carbons (Fsp3) is 0.500. The molecule has 0 radical (unpaired) electrons. The second kappa shape index (κ2) is 9.41. The summed E-state index contributed by atoms with van der Waals surface area (Å²) in [6.07, 6.45) is 8.39. The van der Waals surface area contributed by atoms with Gasteiger partial charge in [-0.05, 0) is 43.9 Å². The molecule has 8 nitrogen and oxygen atoms in total. The first-order chi connectivity index (χ1) is 16.9. The molecular formula is C26H29ClN2O6. The van der Waals surface area contributed by atoms with E-state index in [1.54, 1.807) is 34.1 Å². The predicted octanol–water partition coefficient (Wildman–Crippen LogP) is 2.41. The van der Waals surface area contributed by atoms with E-state index in [1.807, 2.05) is 25.1 Å². The summed E-state index contributed by atoms with van der Waals surface area (Å²) in [6.45, 7) is 2.67. The Kier molecular flexibility index (Phi) is 6.46. The molecule has 186 valence electrons. The zero-order valence-corrected chi connectivity index (χ0v) is 20.3. The van der Waals surface area contributed by atoms with Crippen LogP contribution in [0.3, 0.4) is 0 Å². The van der Waals surface area contributed by atoms with Gasteiger partial charge in [0.2, 0.25) is 5.91 Å². The topological polar surface area (TPSA) is 96.4 Å². The fourth-order valence-corrected chi connectivity index (χ4v) is 6.27. The number of cyclic esters (lactones) is 1. The lowest BCUT2D eigenvalue weighted by Crippen LogP contribution is -2.55. The second-order valence-corrected chi connectivity index (χ2v) is 9.88. The van der Waals surface area contributed by atoms with E-state index in [4.69, 9.17) is 26.2 Å². The van der Waals surface area contributed by atoms with Crippen LogP contribution < -0.4 is 4.90 Å². The van der Waals surface area contributed by atoms with Crippen LogP contribution in [0.15, 0.2) is 42.5 Å². The molecule has 35 heavy (non-hydrogen) atoms. The summed E-state index contributed by atoms with van der Waals surface area (Å²) < 4.78 is 11.8. The molecule has 2 amide bonds. The molecular weight excluding hydrogens is 472 g/mol. The Morgan fingerprint density at radius 2 is 1.97 bits per heavy atom. The maximum atomic E-state index is 14.2. The molecule has 4 heterocycles. The SMILES string of the molecule is Cc1cccc(Cl)c1N1CC=C[C@]23O[C@H]4C=CCOC(=O)[C@H]4[C@H]2C(=O)N(CCCCCO)C3C1=O. The Labute approximate surface area is 209 Å². The van der Waals surface area contributed by atoms with Crippen LogP contribution in [0.1, 0.15) is 24.8 Å². The summed E-state index contributed by atoms with van der Waals surface area (Å²) in [4.78, 5) is 44.2. The number of nitrogens with zero attached hydrogens (tertiary/aromatic N) is 2. The van der Waals surface area contributed by atoms with Gasteiger partial charge in [-0.25, -0.2) is 0 Å². The van der Waals surface area contributed by atoms with E-state index >= 15 is 0 Å². The lowest BCUT2D eigenvalue weighted by atomic mass is 9.78. The van der Waals surface area contributed by atoms with Gasteiger partial charge in [-0.1, -0.05) is 42.0 Å². The minimum Gasteiger partial charge on any atom is -0.461 e. The summed E-state index contributed by atoms with van der Waals surface area (Å²) in [6, 6.07) is 4.51. The average Bonchev–Trinajstić information content (AvgIpc) is 3.12. The highest BCUT2D eigenvalue weighted by Gasteiger charge is 2.71. The van der Waals surface area contributed by atoms with Crippen molar-refractivity contribution in [3.05, 3.63) is 53.1 Å². The number of ether oxygens (including phenoxy) is 2. The number of rotatable bonds is 6. The monoisotopic (exact) mass is 500 g/mol. The highest BCUT2D eigenvalue weighted by Crippen LogP contribution is 2.53. The quantitative estimate of drug-likeness (QED) is 0.366. The third-order valence-electron chi connectivity index (χ3n) is 7.43. The normalized spacial score (nSPS) is 31.7. The number of aryl methyl sites for hydroxylation is 1. The number of amides is 2. The fourth-order valence-electron chi connectivity index (χ4n) is 5.95. The minimum absolute atomic E-state index is 0.0657. The van der Waals surface area contributed by atoms with E-state index in [0.717, 1.165) is 5.56 Å². The van der Waals surface area contributed by atoms with Crippen LogP contribution in [0.2, 0.25) is 5.02 Å². The number of esters is 1. The van der Waals surface area contributed by atoms with E-state index in [2.05, 4.69) is 0 Å². The van der Waals surface area contributed by atoms with Crippen LogP contribution in [0.4, 0.5) is 5.69 Å². The molecule has 9 heteroatoms. The molecule has 2 saturated heterocycles. The Morgan fingerprint density at radius 3 is 2.74 bits per heavy atom. The largest absolute Gasteiger partial charge is 0.461 e. The molecule has 4 aliphatic rings. The third-order valence-corrected chi connectivity index (χ3v) is 7.73. The summed E-state index contributed by atoms with van der Waals surface area (Å²) in [5, 5.41) is 9.61. The molecule has 5 atom stereocenters. The Balaban J connectivity index is 1.59. The minimum atomic E-state index is -1.29. The maximum Gasteiger partial charge on any atom is 0.313 e. The van der Waals surface area contributed by atoms with E-state index in [0.29, 0.717) is 36.5 Å². The molecule has 2 fully saturated rings. The summed E-state index contributed by atoms with van der Waals surface area (Å²) in [7, 11) is 0. The van der Waals surface area contributed by atoms with Gasteiger partial charge in [0.05, 0.1) is 22.7 Å². The van der Waals surface area contributed by atoms with E-state index in [9.17, 15) is 14.4 Å². The van der Waals surface area contributed by atoms with Crippen LogP contribution in [0.25, 0.3) is 0 Å². The molecule has 1 aromatic carbocycles. The van der Waals surface area contributed by atoms with Gasteiger partial charge in [-0.3, -0.25) is 14.4 Å². The molecule has 1 spiro atoms. The Bertz CT molecular complexity index is 1080. The molecule has 5 rings (SSSR count). The molecule has 1 N–H and O–H groups in total. The van der Waals surface area contributed by atoms with Crippen molar-refractivity contribution < 1.29 is 29.0 Å². The van der Waals surface area contributed by atoms with Crippen molar-refractivity contribution in [3.63, 3.8) is 0 Å². The van der Waals surface area contributed by atoms with Gasteiger partial charge in [0, 0.05) is 19.7 Å². The van der Waals surface area contributed by atoms with Gasteiger partial charge < -0.3 is 24.4 Å². The van der Waals surface area contributed by atoms with Gasteiger partial charge in [-0.2, -0.15) is 0 Å². The van der Waals surface area contributed by atoms with Gasteiger partial charge in [-0.15, -0.1) is 0 Å². The predicted molar refractivity (Wildman–Crippen MR) is 129 cm³/mol. The lowest BCUT2D eigenvalue weighted by molar-refractivity contribution is -0.152. The first-order valence-electron chi connectivity index (χ1n) is 12.1. The summed E-state index contributed by atoms with van der Waals surface area (Å²) >= 11 is 6.53. The van der Waals surface area contributed by atoms with Crippen molar-refractivity contribution >= 4 is 35.1 Å². The molecule has 0 bridgehead atoms. The van der Waals surface area contributed by atoms with Crippen molar-refractivity contribution in [2.45, 2.75) is 43.9 Å². The average molecular weight is 501 g/mol. The van der Waals surface area contributed by atoms with E-state index < -0.39 is 35.6 Å². The number of carbonyl (C=O) groups is 3. The number of halogens is 1. The number of aliphatic hydroxyl groups is 1. The molecule has 4 aliphatic heterocycles. The number of hydrogen-bond donors (Lipinski definition) is 1. The van der Waals surface area contributed by atoms with Crippen molar-refractivity contribution in [1.29, 1.82) is 0 Å². The van der Waals surface area contributed by atoms with Gasteiger partial charge in [0.15, 0.2) is 0 Å². The van der Waals surface area contributed by atoms with Gasteiger partial charge >= 0.3 is 5.97 Å². The summed E-state index contributed by atoms with van der Waals surface area (Å²) in [5.41, 5.74) is 0.156. The number of anilines is 1. The van der Waals surface area contributed by atoms with Crippen LogP contribution in [0, 0.1) is 18.8 Å². The standard InChI is InChI=1S/C26H29ClN2O6/c1-16-8-5-9-17(27)21(16)28-13-7-11-26-20(19-18(35-26)10-6-15-34-25(19)33)23(31)29(22(26)24(28)32)12-3-2-4-14-30/h5-11,18-20,22,30H,2-4,12-15H2,1H3/t18-,19+,20-,22?,26-/m0/s1. The molecule has 0 saturated carbocycles. The number of likely N-dealkylation sites (tertiary alicyclic amines) is 1. The van der Waals surface area contributed by atoms with Gasteiger partial charge in [0.25, 0.3) is 5.91 Å².